The third kappa shape index (κ3) is 8.33. The number of carbonyl (C=O) groups is 2. The van der Waals surface area contributed by atoms with Gasteiger partial charge in [0.2, 0.25) is 11.8 Å². The van der Waals surface area contributed by atoms with Crippen molar-refractivity contribution in [3.63, 3.8) is 0 Å². The van der Waals surface area contributed by atoms with Crippen molar-refractivity contribution in [2.24, 2.45) is 0 Å². The molecular formula is C32H41N3O5S. The van der Waals surface area contributed by atoms with Crippen molar-refractivity contribution in [2.75, 3.05) is 17.5 Å². The Morgan fingerprint density at radius 3 is 2.07 bits per heavy atom. The van der Waals surface area contributed by atoms with Crippen LogP contribution in [-0.2, 0) is 26.2 Å². The summed E-state index contributed by atoms with van der Waals surface area (Å²) in [5.41, 5.74) is 2.24. The number of hydrogen-bond acceptors (Lipinski definition) is 5. The van der Waals surface area contributed by atoms with E-state index in [-0.39, 0.29) is 23.4 Å². The molecule has 3 rings (SSSR count). The van der Waals surface area contributed by atoms with Crippen LogP contribution >= 0.6 is 0 Å². The van der Waals surface area contributed by atoms with E-state index in [0.29, 0.717) is 24.5 Å². The van der Waals surface area contributed by atoms with Crippen molar-refractivity contribution in [2.45, 2.75) is 71.0 Å². The van der Waals surface area contributed by atoms with Crippen LogP contribution in [0.15, 0.2) is 83.8 Å². The molecule has 0 radical (unpaired) electrons. The molecule has 0 aromatic heterocycles. The fourth-order valence-electron chi connectivity index (χ4n) is 4.37. The van der Waals surface area contributed by atoms with Crippen LogP contribution in [0, 0.1) is 6.92 Å². The van der Waals surface area contributed by atoms with Gasteiger partial charge in [-0.3, -0.25) is 13.9 Å². The molecule has 0 aliphatic heterocycles. The Bertz CT molecular complexity index is 1380. The van der Waals surface area contributed by atoms with Gasteiger partial charge in [0.15, 0.2) is 0 Å². The van der Waals surface area contributed by atoms with Gasteiger partial charge in [-0.1, -0.05) is 61.9 Å². The highest BCUT2D eigenvalue weighted by atomic mass is 32.2. The lowest BCUT2D eigenvalue weighted by atomic mass is 10.1. The van der Waals surface area contributed by atoms with Crippen LogP contribution in [0.4, 0.5) is 5.69 Å². The lowest BCUT2D eigenvalue weighted by Crippen LogP contribution is -2.53. The largest absolute Gasteiger partial charge is 0.494 e. The lowest BCUT2D eigenvalue weighted by molar-refractivity contribution is -0.140. The van der Waals surface area contributed by atoms with E-state index in [1.165, 1.54) is 17.0 Å². The molecule has 0 unspecified atom stereocenters. The molecule has 41 heavy (non-hydrogen) atoms. The highest BCUT2D eigenvalue weighted by Gasteiger charge is 2.34. The quantitative estimate of drug-likeness (QED) is 0.279. The fraction of sp³-hybridized carbons (Fsp3) is 0.375. The van der Waals surface area contributed by atoms with Gasteiger partial charge < -0.3 is 15.0 Å². The van der Waals surface area contributed by atoms with Crippen molar-refractivity contribution >= 4 is 27.5 Å². The molecule has 0 fully saturated rings. The standard InChI is InChI=1S/C32H41N3O5S/c1-6-25(5)33-32(37)30(7-2)34(22-26-16-14-24(4)15-17-26)31(36)23-35(27-18-20-28(21-19-27)40-8-3)41(38,39)29-12-10-9-11-13-29/h9-21,25,30H,6-8,22-23H2,1-5H3,(H,33,37)/t25-,30-/m1/s1. The zero-order valence-corrected chi connectivity index (χ0v) is 25.4. The summed E-state index contributed by atoms with van der Waals surface area (Å²) < 4.78 is 34.4. The molecule has 0 bridgehead atoms. The molecule has 2 amide bonds. The van der Waals surface area contributed by atoms with Crippen LogP contribution in [0.2, 0.25) is 0 Å². The van der Waals surface area contributed by atoms with Crippen LogP contribution in [-0.4, -0.2) is 50.4 Å². The molecule has 9 heteroatoms. The maximum atomic E-state index is 14.1. The number of anilines is 1. The van der Waals surface area contributed by atoms with E-state index in [4.69, 9.17) is 4.74 Å². The Morgan fingerprint density at radius 1 is 0.878 bits per heavy atom. The molecule has 3 aromatic rings. The first-order chi connectivity index (χ1) is 19.6. The first-order valence-electron chi connectivity index (χ1n) is 14.1. The Morgan fingerprint density at radius 2 is 1.51 bits per heavy atom. The van der Waals surface area contributed by atoms with Gasteiger partial charge in [0.25, 0.3) is 10.0 Å². The minimum atomic E-state index is -4.12. The molecule has 2 atom stereocenters. The Labute approximate surface area is 244 Å². The van der Waals surface area contributed by atoms with Crippen LogP contribution in [0.5, 0.6) is 5.75 Å². The number of hydrogen-bond donors (Lipinski definition) is 1. The molecule has 8 nitrogen and oxygen atoms in total. The van der Waals surface area contributed by atoms with E-state index in [1.54, 1.807) is 42.5 Å². The van der Waals surface area contributed by atoms with Gasteiger partial charge in [0.05, 0.1) is 17.2 Å². The lowest BCUT2D eigenvalue weighted by Gasteiger charge is -2.33. The SMILES string of the molecule is CCOc1ccc(N(CC(=O)N(Cc2ccc(C)cc2)[C@H](CC)C(=O)N[C@H](C)CC)S(=O)(=O)c2ccccc2)cc1. The van der Waals surface area contributed by atoms with Crippen molar-refractivity contribution < 1.29 is 22.7 Å². The highest BCUT2D eigenvalue weighted by molar-refractivity contribution is 7.92. The van der Waals surface area contributed by atoms with Crippen LogP contribution < -0.4 is 14.4 Å². The van der Waals surface area contributed by atoms with Gasteiger partial charge in [-0.15, -0.1) is 0 Å². The molecule has 0 heterocycles. The topological polar surface area (TPSA) is 96.0 Å². The van der Waals surface area contributed by atoms with E-state index in [0.717, 1.165) is 21.9 Å². The first-order valence-corrected chi connectivity index (χ1v) is 15.5. The summed E-state index contributed by atoms with van der Waals surface area (Å²) in [7, 11) is -4.12. The van der Waals surface area contributed by atoms with E-state index >= 15 is 0 Å². The number of ether oxygens (including phenoxy) is 1. The number of sulfonamides is 1. The van der Waals surface area contributed by atoms with Gasteiger partial charge in [-0.2, -0.15) is 0 Å². The second kappa shape index (κ2) is 14.7. The number of nitrogens with zero attached hydrogens (tertiary/aromatic N) is 2. The Kier molecular flexibility index (Phi) is 11.3. The van der Waals surface area contributed by atoms with Gasteiger partial charge in [0, 0.05) is 12.6 Å². The Balaban J connectivity index is 2.04. The minimum Gasteiger partial charge on any atom is -0.494 e. The zero-order valence-electron chi connectivity index (χ0n) is 24.5. The summed E-state index contributed by atoms with van der Waals surface area (Å²) >= 11 is 0. The summed E-state index contributed by atoms with van der Waals surface area (Å²) in [6.45, 7) is 9.72. The molecule has 220 valence electrons. The summed E-state index contributed by atoms with van der Waals surface area (Å²) in [6.07, 6.45) is 1.11. The van der Waals surface area contributed by atoms with Gasteiger partial charge >= 0.3 is 0 Å². The van der Waals surface area contributed by atoms with Crippen molar-refractivity contribution in [3.8, 4) is 5.75 Å². The molecule has 0 spiro atoms. The predicted molar refractivity (Wildman–Crippen MR) is 162 cm³/mol. The molecule has 0 aliphatic rings. The number of nitrogens with one attached hydrogen (secondary N) is 1. The zero-order chi connectivity index (χ0) is 30.0. The van der Waals surface area contributed by atoms with Crippen molar-refractivity contribution in [3.05, 3.63) is 90.0 Å². The van der Waals surface area contributed by atoms with Gasteiger partial charge in [-0.05, 0) is 75.6 Å². The highest BCUT2D eigenvalue weighted by Crippen LogP contribution is 2.27. The van der Waals surface area contributed by atoms with E-state index < -0.39 is 28.5 Å². The fourth-order valence-corrected chi connectivity index (χ4v) is 5.81. The number of aryl methyl sites for hydroxylation is 1. The molecule has 0 aliphatic carbocycles. The van der Waals surface area contributed by atoms with Crippen LogP contribution in [0.3, 0.4) is 0 Å². The normalized spacial score (nSPS) is 12.7. The van der Waals surface area contributed by atoms with E-state index in [9.17, 15) is 18.0 Å². The Hall–Kier alpha value is -3.85. The summed E-state index contributed by atoms with van der Waals surface area (Å²) in [5.74, 6) is -0.153. The smallest absolute Gasteiger partial charge is 0.264 e. The molecule has 3 aromatic carbocycles. The van der Waals surface area contributed by atoms with E-state index in [1.807, 2.05) is 58.9 Å². The number of amides is 2. The maximum Gasteiger partial charge on any atom is 0.264 e. The average Bonchev–Trinajstić information content (AvgIpc) is 2.97. The van der Waals surface area contributed by atoms with Crippen LogP contribution in [0.1, 0.15) is 51.7 Å². The second-order valence-corrected chi connectivity index (χ2v) is 11.9. The van der Waals surface area contributed by atoms with Crippen LogP contribution in [0.25, 0.3) is 0 Å². The summed E-state index contributed by atoms with van der Waals surface area (Å²) in [5, 5.41) is 2.99. The monoisotopic (exact) mass is 579 g/mol. The third-order valence-corrected chi connectivity index (χ3v) is 8.69. The third-order valence-electron chi connectivity index (χ3n) is 6.91. The number of benzene rings is 3. The van der Waals surface area contributed by atoms with Gasteiger partial charge in [0.1, 0.15) is 18.3 Å². The average molecular weight is 580 g/mol. The van der Waals surface area contributed by atoms with Gasteiger partial charge in [-0.25, -0.2) is 8.42 Å². The molecule has 0 saturated carbocycles. The summed E-state index contributed by atoms with van der Waals surface area (Å²) in [4.78, 5) is 29.0. The van der Waals surface area contributed by atoms with E-state index in [2.05, 4.69) is 5.32 Å². The van der Waals surface area contributed by atoms with Crippen molar-refractivity contribution in [1.82, 2.24) is 10.2 Å². The molecule has 0 saturated heterocycles. The maximum absolute atomic E-state index is 14.1. The second-order valence-electron chi connectivity index (χ2n) is 10.0. The number of carbonyl (C=O) groups excluding carboxylic acids is 2. The molecule has 1 N–H and O–H groups in total. The number of rotatable bonds is 14. The predicted octanol–water partition coefficient (Wildman–Crippen LogP) is 5.31. The summed E-state index contributed by atoms with van der Waals surface area (Å²) in [6, 6.07) is 21.5. The molecular weight excluding hydrogens is 538 g/mol. The minimum absolute atomic E-state index is 0.0633. The first kappa shape index (κ1) is 31.7. The van der Waals surface area contributed by atoms with Crippen molar-refractivity contribution in [1.29, 1.82) is 0 Å².